The molecule has 0 bridgehead atoms. The molecule has 7 nitrogen and oxygen atoms in total. The zero-order valence-electron chi connectivity index (χ0n) is 19.0. The van der Waals surface area contributed by atoms with Crippen LogP contribution in [0.5, 0.6) is 0 Å². The maximum Gasteiger partial charge on any atom is 0.329 e. The first kappa shape index (κ1) is 24.5. The summed E-state index contributed by atoms with van der Waals surface area (Å²) in [4.78, 5) is 52.0. The Kier molecular flexibility index (Phi) is 8.27. The van der Waals surface area contributed by atoms with Crippen LogP contribution in [-0.4, -0.2) is 53.2 Å². The third-order valence-corrected chi connectivity index (χ3v) is 6.37. The van der Waals surface area contributed by atoms with Crippen LogP contribution in [0.1, 0.15) is 58.9 Å². The van der Waals surface area contributed by atoms with E-state index in [1.54, 1.807) is 30.3 Å². The zero-order valence-corrected chi connectivity index (χ0v) is 19.8. The van der Waals surface area contributed by atoms with Gasteiger partial charge >= 0.3 is 5.97 Å². The number of ether oxygens (including phenoxy) is 1. The molecule has 1 aliphatic heterocycles. The zero-order chi connectivity index (χ0) is 24.0. The van der Waals surface area contributed by atoms with Crippen molar-refractivity contribution in [2.45, 2.75) is 38.6 Å². The molecule has 0 fully saturated rings. The van der Waals surface area contributed by atoms with Crippen molar-refractivity contribution >= 4 is 41.1 Å². The van der Waals surface area contributed by atoms with Crippen LogP contribution in [0.4, 0.5) is 5.69 Å². The molecule has 0 saturated heterocycles. The number of carbonyl (C=O) groups excluding carboxylic acids is 4. The summed E-state index contributed by atoms with van der Waals surface area (Å²) in [6.07, 6.45) is 3.02. The van der Waals surface area contributed by atoms with Crippen molar-refractivity contribution in [1.82, 2.24) is 4.90 Å². The summed E-state index contributed by atoms with van der Waals surface area (Å²) >= 11 is 1.49. The lowest BCUT2D eigenvalue weighted by Gasteiger charge is -2.24. The van der Waals surface area contributed by atoms with Crippen LogP contribution in [-0.2, 0) is 14.3 Å². The number of nitrogens with zero attached hydrogens (tertiary/aromatic N) is 1. The number of anilines is 1. The van der Waals surface area contributed by atoms with Crippen LogP contribution in [0, 0.1) is 0 Å². The number of fused-ring (bicyclic) bond motifs is 1. The van der Waals surface area contributed by atoms with Gasteiger partial charge in [0.25, 0.3) is 17.7 Å². The van der Waals surface area contributed by atoms with Crippen LogP contribution in [0.25, 0.3) is 0 Å². The van der Waals surface area contributed by atoms with Gasteiger partial charge in [0, 0.05) is 5.69 Å². The number of thioether (sulfide) groups is 1. The highest BCUT2D eigenvalue weighted by atomic mass is 32.2. The van der Waals surface area contributed by atoms with Crippen LogP contribution in [0.2, 0.25) is 0 Å². The first-order valence-corrected chi connectivity index (χ1v) is 12.3. The minimum absolute atomic E-state index is 0.240. The van der Waals surface area contributed by atoms with Crippen molar-refractivity contribution in [3.05, 3.63) is 65.2 Å². The Morgan fingerprint density at radius 1 is 1.03 bits per heavy atom. The van der Waals surface area contributed by atoms with E-state index in [0.717, 1.165) is 16.9 Å². The van der Waals surface area contributed by atoms with Gasteiger partial charge in [-0.25, -0.2) is 4.79 Å². The van der Waals surface area contributed by atoms with Gasteiger partial charge < -0.3 is 10.1 Å². The summed E-state index contributed by atoms with van der Waals surface area (Å²) in [6.45, 7) is 3.63. The molecule has 1 N–H and O–H groups in total. The summed E-state index contributed by atoms with van der Waals surface area (Å²) in [5.41, 5.74) is 2.21. The molecule has 1 aliphatic rings. The van der Waals surface area contributed by atoms with E-state index < -0.39 is 36.3 Å². The minimum Gasteiger partial charge on any atom is -0.454 e. The Balaban J connectivity index is 1.69. The summed E-state index contributed by atoms with van der Waals surface area (Å²) in [5.74, 6) is -1.50. The number of esters is 1. The van der Waals surface area contributed by atoms with Gasteiger partial charge in [-0.2, -0.15) is 11.8 Å². The van der Waals surface area contributed by atoms with Gasteiger partial charge in [0.2, 0.25) is 0 Å². The van der Waals surface area contributed by atoms with Crippen molar-refractivity contribution in [3.63, 3.8) is 0 Å². The first-order valence-electron chi connectivity index (χ1n) is 10.9. The van der Waals surface area contributed by atoms with Crippen molar-refractivity contribution in [3.8, 4) is 0 Å². The molecule has 0 radical (unpaired) electrons. The molecule has 8 heteroatoms. The average Bonchev–Trinajstić information content (AvgIpc) is 3.08. The van der Waals surface area contributed by atoms with E-state index in [0.29, 0.717) is 11.4 Å². The summed E-state index contributed by atoms with van der Waals surface area (Å²) in [5, 5.41) is 2.80. The van der Waals surface area contributed by atoms with Gasteiger partial charge in [0.1, 0.15) is 6.04 Å². The lowest BCUT2D eigenvalue weighted by atomic mass is 9.97. The van der Waals surface area contributed by atoms with Gasteiger partial charge in [-0.1, -0.05) is 44.2 Å². The maximum absolute atomic E-state index is 12.9. The Hall–Kier alpha value is -3.13. The van der Waals surface area contributed by atoms with E-state index >= 15 is 0 Å². The standard InChI is InChI=1S/C25H28N2O5S/c1-4-16(2)17-9-7-8-12-20(17)26-22(28)15-32-25(31)21(13-14-33-3)27-23(29)18-10-5-6-11-19(18)24(27)30/h5-12,16,21H,4,13-15H2,1-3H3,(H,26,28)/t16-,21+/m0/s1. The molecule has 1 heterocycles. The maximum atomic E-state index is 12.9. The molecule has 3 amide bonds. The molecule has 174 valence electrons. The number of hydrogen-bond donors (Lipinski definition) is 1. The van der Waals surface area contributed by atoms with E-state index in [9.17, 15) is 19.2 Å². The predicted molar refractivity (Wildman–Crippen MR) is 128 cm³/mol. The van der Waals surface area contributed by atoms with Gasteiger partial charge in [-0.05, 0) is 54.5 Å². The lowest BCUT2D eigenvalue weighted by Crippen LogP contribution is -2.46. The molecule has 0 saturated carbocycles. The number of para-hydroxylation sites is 1. The number of hydrogen-bond acceptors (Lipinski definition) is 6. The highest BCUT2D eigenvalue weighted by Gasteiger charge is 2.43. The Morgan fingerprint density at radius 3 is 2.24 bits per heavy atom. The topological polar surface area (TPSA) is 92.8 Å². The number of amides is 3. The lowest BCUT2D eigenvalue weighted by molar-refractivity contribution is -0.151. The molecular weight excluding hydrogens is 440 g/mol. The average molecular weight is 469 g/mol. The van der Waals surface area contributed by atoms with Crippen LogP contribution >= 0.6 is 11.8 Å². The van der Waals surface area contributed by atoms with E-state index in [1.807, 2.05) is 24.5 Å². The smallest absolute Gasteiger partial charge is 0.329 e. The van der Waals surface area contributed by atoms with Crippen molar-refractivity contribution in [2.75, 3.05) is 23.9 Å². The molecular formula is C25H28N2O5S. The highest BCUT2D eigenvalue weighted by Crippen LogP contribution is 2.28. The molecule has 33 heavy (non-hydrogen) atoms. The second-order valence-corrected chi connectivity index (χ2v) is 8.86. The Morgan fingerprint density at radius 2 is 1.64 bits per heavy atom. The summed E-state index contributed by atoms with van der Waals surface area (Å²) in [6, 6.07) is 12.9. The Bertz CT molecular complexity index is 1020. The highest BCUT2D eigenvalue weighted by molar-refractivity contribution is 7.98. The monoisotopic (exact) mass is 468 g/mol. The normalized spacial score (nSPS) is 14.6. The first-order chi connectivity index (χ1) is 15.9. The summed E-state index contributed by atoms with van der Waals surface area (Å²) in [7, 11) is 0. The molecule has 0 aliphatic carbocycles. The van der Waals surface area contributed by atoms with Gasteiger partial charge in [-0.15, -0.1) is 0 Å². The molecule has 2 aromatic rings. The second kappa shape index (κ2) is 11.1. The molecule has 0 unspecified atom stereocenters. The number of carbonyl (C=O) groups is 4. The Labute approximate surface area is 197 Å². The van der Waals surface area contributed by atoms with Gasteiger partial charge in [-0.3, -0.25) is 19.3 Å². The fourth-order valence-electron chi connectivity index (χ4n) is 3.75. The SMILES string of the molecule is CC[C@H](C)c1ccccc1NC(=O)COC(=O)[C@@H](CCSC)N1C(=O)c2ccccc2C1=O. The molecule has 2 atom stereocenters. The van der Waals surface area contributed by atoms with E-state index in [4.69, 9.17) is 4.74 Å². The third-order valence-electron chi connectivity index (χ3n) is 5.73. The third kappa shape index (κ3) is 5.45. The van der Waals surface area contributed by atoms with Gasteiger partial charge in [0.15, 0.2) is 6.61 Å². The fourth-order valence-corrected chi connectivity index (χ4v) is 4.21. The second-order valence-electron chi connectivity index (χ2n) is 7.88. The summed E-state index contributed by atoms with van der Waals surface area (Å²) < 4.78 is 5.26. The minimum atomic E-state index is -1.09. The molecule has 2 aromatic carbocycles. The van der Waals surface area contributed by atoms with Crippen LogP contribution < -0.4 is 5.32 Å². The fraction of sp³-hybridized carbons (Fsp3) is 0.360. The number of imide groups is 1. The number of rotatable bonds is 10. The van der Waals surface area contributed by atoms with Crippen molar-refractivity contribution < 1.29 is 23.9 Å². The van der Waals surface area contributed by atoms with Crippen LogP contribution in [0.3, 0.4) is 0 Å². The van der Waals surface area contributed by atoms with Crippen molar-refractivity contribution in [2.24, 2.45) is 0 Å². The van der Waals surface area contributed by atoms with Crippen molar-refractivity contribution in [1.29, 1.82) is 0 Å². The quantitative estimate of drug-likeness (QED) is 0.417. The number of nitrogens with one attached hydrogen (secondary N) is 1. The van der Waals surface area contributed by atoms with E-state index in [1.165, 1.54) is 11.8 Å². The van der Waals surface area contributed by atoms with E-state index in [2.05, 4.69) is 19.2 Å². The predicted octanol–water partition coefficient (Wildman–Crippen LogP) is 4.10. The molecule has 0 spiro atoms. The molecule has 3 rings (SSSR count). The van der Waals surface area contributed by atoms with Crippen LogP contribution in [0.15, 0.2) is 48.5 Å². The number of benzene rings is 2. The largest absolute Gasteiger partial charge is 0.454 e. The van der Waals surface area contributed by atoms with Gasteiger partial charge in [0.05, 0.1) is 11.1 Å². The molecule has 0 aromatic heterocycles. The van der Waals surface area contributed by atoms with E-state index in [-0.39, 0.29) is 23.5 Å².